The van der Waals surface area contributed by atoms with Gasteiger partial charge in [0, 0.05) is 25.5 Å². The number of amides is 1. The number of aromatic nitrogens is 4. The minimum atomic E-state index is 0.0523. The Hall–Kier alpha value is -2.89. The Bertz CT molecular complexity index is 853. The van der Waals surface area contributed by atoms with Crippen molar-refractivity contribution in [2.75, 3.05) is 13.1 Å². The maximum atomic E-state index is 13.0. The van der Waals surface area contributed by atoms with Gasteiger partial charge >= 0.3 is 0 Å². The van der Waals surface area contributed by atoms with Crippen LogP contribution in [0.4, 0.5) is 0 Å². The molecule has 25 heavy (non-hydrogen) atoms. The molecule has 1 aliphatic heterocycles. The highest BCUT2D eigenvalue weighted by Crippen LogP contribution is 2.23. The molecular formula is C19H21N5O. The van der Waals surface area contributed by atoms with Crippen LogP contribution in [0.3, 0.4) is 0 Å². The molecule has 1 amide bonds. The van der Waals surface area contributed by atoms with Gasteiger partial charge in [-0.2, -0.15) is 10.2 Å². The summed E-state index contributed by atoms with van der Waals surface area (Å²) in [6.45, 7) is 3.42. The van der Waals surface area contributed by atoms with Gasteiger partial charge in [0.15, 0.2) is 0 Å². The van der Waals surface area contributed by atoms with E-state index in [2.05, 4.69) is 10.2 Å². The van der Waals surface area contributed by atoms with E-state index < -0.39 is 0 Å². The first-order chi connectivity index (χ1) is 12.2. The van der Waals surface area contributed by atoms with Crippen molar-refractivity contribution >= 4 is 5.91 Å². The summed E-state index contributed by atoms with van der Waals surface area (Å²) in [6, 6.07) is 12.1. The molecule has 6 nitrogen and oxygen atoms in total. The van der Waals surface area contributed by atoms with Gasteiger partial charge < -0.3 is 4.90 Å². The SMILES string of the molecule is Cc1c(C(=O)N2CCC[C@H](n3cccn3)C2)cnn1-c1ccccc1. The molecule has 0 unspecified atom stereocenters. The Labute approximate surface area is 146 Å². The average molecular weight is 335 g/mol. The van der Waals surface area contributed by atoms with Crippen molar-refractivity contribution in [3.63, 3.8) is 0 Å². The highest BCUT2D eigenvalue weighted by atomic mass is 16.2. The van der Waals surface area contributed by atoms with Crippen LogP contribution in [0.25, 0.3) is 5.69 Å². The first-order valence-electron chi connectivity index (χ1n) is 8.62. The molecule has 1 aliphatic rings. The molecule has 1 fully saturated rings. The molecule has 1 atom stereocenters. The zero-order valence-corrected chi connectivity index (χ0v) is 14.2. The summed E-state index contributed by atoms with van der Waals surface area (Å²) in [5.74, 6) is 0.0523. The maximum absolute atomic E-state index is 13.0. The fourth-order valence-electron chi connectivity index (χ4n) is 3.47. The van der Waals surface area contributed by atoms with E-state index in [9.17, 15) is 4.79 Å². The highest BCUT2D eigenvalue weighted by Gasteiger charge is 2.27. The molecule has 0 radical (unpaired) electrons. The van der Waals surface area contributed by atoms with Gasteiger partial charge in [0.05, 0.1) is 29.2 Å². The van der Waals surface area contributed by atoms with Crippen LogP contribution < -0.4 is 0 Å². The van der Waals surface area contributed by atoms with Crippen LogP contribution in [0.2, 0.25) is 0 Å². The molecule has 0 spiro atoms. The average Bonchev–Trinajstić information content (AvgIpc) is 3.32. The lowest BCUT2D eigenvalue weighted by Gasteiger charge is -2.32. The van der Waals surface area contributed by atoms with E-state index in [-0.39, 0.29) is 11.9 Å². The third-order valence-electron chi connectivity index (χ3n) is 4.82. The van der Waals surface area contributed by atoms with Crippen molar-refractivity contribution in [3.8, 4) is 5.69 Å². The summed E-state index contributed by atoms with van der Waals surface area (Å²) >= 11 is 0. The molecule has 3 aromatic rings. The zero-order valence-electron chi connectivity index (χ0n) is 14.2. The Morgan fingerprint density at radius 2 is 2.00 bits per heavy atom. The molecule has 128 valence electrons. The number of carbonyl (C=O) groups is 1. The number of carbonyl (C=O) groups excluding carboxylic acids is 1. The Balaban J connectivity index is 1.56. The van der Waals surface area contributed by atoms with Crippen molar-refractivity contribution in [2.45, 2.75) is 25.8 Å². The lowest BCUT2D eigenvalue weighted by molar-refractivity contribution is 0.0672. The number of nitrogens with zero attached hydrogens (tertiary/aromatic N) is 5. The van der Waals surface area contributed by atoms with Crippen LogP contribution in [-0.2, 0) is 0 Å². The number of hydrogen-bond acceptors (Lipinski definition) is 3. The first-order valence-corrected chi connectivity index (χ1v) is 8.62. The number of para-hydroxylation sites is 1. The molecule has 0 aliphatic carbocycles. The predicted molar refractivity (Wildman–Crippen MR) is 94.7 cm³/mol. The second-order valence-corrected chi connectivity index (χ2v) is 6.42. The molecule has 1 saturated heterocycles. The highest BCUT2D eigenvalue weighted by molar-refractivity contribution is 5.95. The summed E-state index contributed by atoms with van der Waals surface area (Å²) in [6.07, 6.45) is 7.48. The van der Waals surface area contributed by atoms with Crippen LogP contribution >= 0.6 is 0 Å². The largest absolute Gasteiger partial charge is 0.336 e. The van der Waals surface area contributed by atoms with Gasteiger partial charge in [-0.3, -0.25) is 9.48 Å². The quantitative estimate of drug-likeness (QED) is 0.739. The van der Waals surface area contributed by atoms with Gasteiger partial charge in [-0.15, -0.1) is 0 Å². The molecular weight excluding hydrogens is 314 g/mol. The Morgan fingerprint density at radius 3 is 2.76 bits per heavy atom. The summed E-state index contributed by atoms with van der Waals surface area (Å²) < 4.78 is 3.78. The summed E-state index contributed by atoms with van der Waals surface area (Å²) in [4.78, 5) is 14.9. The molecule has 4 rings (SSSR count). The van der Waals surface area contributed by atoms with Gasteiger partial charge in [-0.05, 0) is 38.0 Å². The molecule has 6 heteroatoms. The standard InChI is InChI=1S/C19H21N5O/c1-15-18(13-21-24(15)16-7-3-2-4-8-16)19(25)22-11-5-9-17(14-22)23-12-6-10-20-23/h2-4,6-8,10,12-13,17H,5,9,11,14H2,1H3/t17-/m0/s1. The van der Waals surface area contributed by atoms with E-state index in [4.69, 9.17) is 0 Å². The third kappa shape index (κ3) is 2.95. The second kappa shape index (κ2) is 6.55. The fourth-order valence-corrected chi connectivity index (χ4v) is 3.47. The fraction of sp³-hybridized carbons (Fsp3) is 0.316. The monoisotopic (exact) mass is 335 g/mol. The molecule has 1 aromatic carbocycles. The summed E-state index contributed by atoms with van der Waals surface area (Å²) in [5, 5.41) is 8.75. The molecule has 0 bridgehead atoms. The van der Waals surface area contributed by atoms with Crippen molar-refractivity contribution in [3.05, 3.63) is 66.2 Å². The van der Waals surface area contributed by atoms with Crippen molar-refractivity contribution in [1.82, 2.24) is 24.5 Å². The first kappa shape index (κ1) is 15.6. The van der Waals surface area contributed by atoms with Gasteiger partial charge in [0.1, 0.15) is 0 Å². The molecule has 0 N–H and O–H groups in total. The Kier molecular flexibility index (Phi) is 4.09. The molecule has 0 saturated carbocycles. The van der Waals surface area contributed by atoms with Crippen molar-refractivity contribution in [2.24, 2.45) is 0 Å². The number of likely N-dealkylation sites (tertiary alicyclic amines) is 1. The van der Waals surface area contributed by atoms with E-state index in [1.807, 2.05) is 63.8 Å². The number of hydrogen-bond donors (Lipinski definition) is 0. The van der Waals surface area contributed by atoms with Crippen LogP contribution in [0, 0.1) is 6.92 Å². The second-order valence-electron chi connectivity index (χ2n) is 6.42. The van der Waals surface area contributed by atoms with Crippen LogP contribution in [0.5, 0.6) is 0 Å². The lowest BCUT2D eigenvalue weighted by atomic mass is 10.0. The molecule has 3 heterocycles. The van der Waals surface area contributed by atoms with E-state index in [1.54, 1.807) is 12.4 Å². The maximum Gasteiger partial charge on any atom is 0.257 e. The van der Waals surface area contributed by atoms with E-state index >= 15 is 0 Å². The number of rotatable bonds is 3. The van der Waals surface area contributed by atoms with E-state index in [0.29, 0.717) is 12.1 Å². The predicted octanol–water partition coefficient (Wildman–Crippen LogP) is 2.85. The normalized spacial score (nSPS) is 17.6. The lowest BCUT2D eigenvalue weighted by Crippen LogP contribution is -2.41. The van der Waals surface area contributed by atoms with Crippen LogP contribution in [0.1, 0.15) is 34.9 Å². The minimum Gasteiger partial charge on any atom is -0.336 e. The zero-order chi connectivity index (χ0) is 17.2. The topological polar surface area (TPSA) is 56.0 Å². The van der Waals surface area contributed by atoms with Crippen molar-refractivity contribution in [1.29, 1.82) is 0 Å². The van der Waals surface area contributed by atoms with Gasteiger partial charge in [0.2, 0.25) is 0 Å². The van der Waals surface area contributed by atoms with Crippen LogP contribution in [-0.4, -0.2) is 43.5 Å². The van der Waals surface area contributed by atoms with Crippen molar-refractivity contribution < 1.29 is 4.79 Å². The van der Waals surface area contributed by atoms with E-state index in [0.717, 1.165) is 30.8 Å². The minimum absolute atomic E-state index is 0.0523. The summed E-state index contributed by atoms with van der Waals surface area (Å²) in [7, 11) is 0. The summed E-state index contributed by atoms with van der Waals surface area (Å²) in [5.41, 5.74) is 2.51. The smallest absolute Gasteiger partial charge is 0.257 e. The molecule has 2 aromatic heterocycles. The van der Waals surface area contributed by atoms with Gasteiger partial charge in [-0.25, -0.2) is 4.68 Å². The van der Waals surface area contributed by atoms with Gasteiger partial charge in [0.25, 0.3) is 5.91 Å². The van der Waals surface area contributed by atoms with Gasteiger partial charge in [-0.1, -0.05) is 18.2 Å². The third-order valence-corrected chi connectivity index (χ3v) is 4.82. The number of benzene rings is 1. The van der Waals surface area contributed by atoms with E-state index in [1.165, 1.54) is 0 Å². The van der Waals surface area contributed by atoms with Crippen LogP contribution in [0.15, 0.2) is 55.0 Å². The Morgan fingerprint density at radius 1 is 1.16 bits per heavy atom. The number of piperidine rings is 1.